The zero-order valence-corrected chi connectivity index (χ0v) is 11.0. The van der Waals surface area contributed by atoms with E-state index in [1.165, 1.54) is 0 Å². The Morgan fingerprint density at radius 3 is 2.71 bits per heavy atom. The molecule has 1 aromatic rings. The van der Waals surface area contributed by atoms with Crippen molar-refractivity contribution in [2.75, 3.05) is 25.6 Å². The lowest BCUT2D eigenvalue weighted by Gasteiger charge is -2.08. The van der Waals surface area contributed by atoms with Crippen LogP contribution in [0.15, 0.2) is 18.2 Å². The monoisotopic (exact) mass is 257 g/mol. The first-order chi connectivity index (χ1) is 8.24. The van der Waals surface area contributed by atoms with E-state index in [0.29, 0.717) is 30.5 Å². The van der Waals surface area contributed by atoms with Crippen LogP contribution in [0.5, 0.6) is 0 Å². The summed E-state index contributed by atoms with van der Waals surface area (Å²) >= 11 is 5.88. The van der Waals surface area contributed by atoms with Gasteiger partial charge in [-0.1, -0.05) is 24.9 Å². The van der Waals surface area contributed by atoms with Crippen LogP contribution in [-0.4, -0.2) is 19.8 Å². The molecule has 4 heteroatoms. The van der Waals surface area contributed by atoms with E-state index < -0.39 is 0 Å². The second-order valence-electron chi connectivity index (χ2n) is 3.86. The first-order valence-electron chi connectivity index (χ1n) is 5.93. The zero-order valence-electron chi connectivity index (χ0n) is 10.2. The Bertz CT molecular complexity index is 331. The summed E-state index contributed by atoms with van der Waals surface area (Å²) in [4.78, 5) is 0. The molecule has 0 amide bonds. The van der Waals surface area contributed by atoms with Crippen molar-refractivity contribution in [1.29, 1.82) is 0 Å². The highest BCUT2D eigenvalue weighted by Crippen LogP contribution is 2.18. The van der Waals surface area contributed by atoms with E-state index in [9.17, 15) is 0 Å². The first-order valence-corrected chi connectivity index (χ1v) is 6.31. The number of nitrogens with two attached hydrogens (primary N) is 1. The molecule has 0 saturated carbocycles. The molecule has 96 valence electrons. The van der Waals surface area contributed by atoms with E-state index in [1.54, 1.807) is 12.1 Å². The molecule has 0 atom stereocenters. The van der Waals surface area contributed by atoms with Gasteiger partial charge in [-0.25, -0.2) is 0 Å². The number of halogens is 1. The van der Waals surface area contributed by atoms with Gasteiger partial charge >= 0.3 is 0 Å². The molecule has 2 N–H and O–H groups in total. The molecule has 0 aliphatic heterocycles. The Morgan fingerprint density at radius 2 is 1.94 bits per heavy atom. The van der Waals surface area contributed by atoms with Gasteiger partial charge in [0, 0.05) is 22.9 Å². The van der Waals surface area contributed by atoms with Crippen molar-refractivity contribution in [3.8, 4) is 0 Å². The van der Waals surface area contributed by atoms with Crippen molar-refractivity contribution in [2.24, 2.45) is 0 Å². The summed E-state index contributed by atoms with van der Waals surface area (Å²) in [5.74, 6) is 0. The normalized spacial score (nSPS) is 10.7. The molecule has 0 saturated heterocycles. The molecule has 3 nitrogen and oxygen atoms in total. The minimum absolute atomic E-state index is 0.476. The predicted molar refractivity (Wildman–Crippen MR) is 71.2 cm³/mol. The van der Waals surface area contributed by atoms with Gasteiger partial charge < -0.3 is 15.2 Å². The fourth-order valence-electron chi connectivity index (χ4n) is 1.35. The largest absolute Gasteiger partial charge is 0.398 e. The number of nitrogen functional groups attached to an aromatic ring is 1. The molecule has 1 aromatic carbocycles. The van der Waals surface area contributed by atoms with Crippen molar-refractivity contribution in [1.82, 2.24) is 0 Å². The van der Waals surface area contributed by atoms with Crippen LogP contribution in [0.1, 0.15) is 25.3 Å². The number of rotatable bonds is 8. The predicted octanol–water partition coefficient (Wildman–Crippen LogP) is 3.26. The highest BCUT2D eigenvalue weighted by atomic mass is 35.5. The Hall–Kier alpha value is -0.770. The summed E-state index contributed by atoms with van der Waals surface area (Å²) in [6.45, 7) is 4.63. The lowest BCUT2D eigenvalue weighted by Crippen LogP contribution is -2.06. The first kappa shape index (κ1) is 14.3. The van der Waals surface area contributed by atoms with Crippen LogP contribution in [-0.2, 0) is 16.1 Å². The average Bonchev–Trinajstić information content (AvgIpc) is 2.32. The number of benzene rings is 1. The summed E-state index contributed by atoms with van der Waals surface area (Å²) in [5, 5.41) is 0.678. The molecule has 0 aliphatic rings. The van der Waals surface area contributed by atoms with E-state index >= 15 is 0 Å². The lowest BCUT2D eigenvalue weighted by molar-refractivity contribution is 0.0398. The molecule has 1 rings (SSSR count). The number of ether oxygens (including phenoxy) is 2. The van der Waals surface area contributed by atoms with Crippen LogP contribution in [0.2, 0.25) is 5.02 Å². The summed E-state index contributed by atoms with van der Waals surface area (Å²) in [6.07, 6.45) is 2.25. The summed E-state index contributed by atoms with van der Waals surface area (Å²) in [7, 11) is 0. The third-order valence-corrected chi connectivity index (χ3v) is 2.61. The minimum atomic E-state index is 0.476. The molecule has 0 fully saturated rings. The Labute approximate surface area is 108 Å². The zero-order chi connectivity index (χ0) is 12.5. The second kappa shape index (κ2) is 8.34. The Kier molecular flexibility index (Phi) is 7.01. The van der Waals surface area contributed by atoms with Crippen LogP contribution in [0.25, 0.3) is 0 Å². The van der Waals surface area contributed by atoms with Crippen molar-refractivity contribution in [3.63, 3.8) is 0 Å². The van der Waals surface area contributed by atoms with Crippen molar-refractivity contribution >= 4 is 17.3 Å². The van der Waals surface area contributed by atoms with Crippen molar-refractivity contribution in [2.45, 2.75) is 26.4 Å². The fourth-order valence-corrected chi connectivity index (χ4v) is 1.54. The number of unbranched alkanes of at least 4 members (excludes halogenated alkanes) is 1. The highest BCUT2D eigenvalue weighted by molar-refractivity contribution is 6.30. The van der Waals surface area contributed by atoms with E-state index in [2.05, 4.69) is 6.92 Å². The lowest BCUT2D eigenvalue weighted by atomic mass is 10.2. The molecule has 0 aromatic heterocycles. The van der Waals surface area contributed by atoms with Gasteiger partial charge in [0.1, 0.15) is 0 Å². The van der Waals surface area contributed by atoms with Gasteiger partial charge in [0.05, 0.1) is 19.8 Å². The van der Waals surface area contributed by atoms with E-state index in [-0.39, 0.29) is 0 Å². The summed E-state index contributed by atoms with van der Waals surface area (Å²) < 4.78 is 10.9. The van der Waals surface area contributed by atoms with Gasteiger partial charge in [0.25, 0.3) is 0 Å². The standard InChI is InChI=1S/C13H20ClNO2/c1-2-3-6-16-7-8-17-10-11-9-12(14)4-5-13(11)15/h4-5,9H,2-3,6-8,10,15H2,1H3. The quantitative estimate of drug-likeness (QED) is 0.574. The maximum absolute atomic E-state index is 5.88. The molecule has 17 heavy (non-hydrogen) atoms. The van der Waals surface area contributed by atoms with Gasteiger partial charge in [0.2, 0.25) is 0 Å². The van der Waals surface area contributed by atoms with Crippen LogP contribution >= 0.6 is 11.6 Å². The van der Waals surface area contributed by atoms with Crippen LogP contribution in [0, 0.1) is 0 Å². The number of hydrogen-bond donors (Lipinski definition) is 1. The van der Waals surface area contributed by atoms with E-state index in [4.69, 9.17) is 26.8 Å². The van der Waals surface area contributed by atoms with Gasteiger partial charge in [-0.3, -0.25) is 0 Å². The smallest absolute Gasteiger partial charge is 0.0738 e. The molecule has 0 spiro atoms. The third kappa shape index (κ3) is 5.91. The topological polar surface area (TPSA) is 44.5 Å². The maximum Gasteiger partial charge on any atom is 0.0738 e. The van der Waals surface area contributed by atoms with Gasteiger partial charge in [-0.05, 0) is 24.6 Å². The molecule has 0 heterocycles. The average molecular weight is 258 g/mol. The van der Waals surface area contributed by atoms with E-state index in [0.717, 1.165) is 25.0 Å². The third-order valence-electron chi connectivity index (χ3n) is 2.38. The minimum Gasteiger partial charge on any atom is -0.398 e. The maximum atomic E-state index is 5.88. The number of hydrogen-bond acceptors (Lipinski definition) is 3. The highest BCUT2D eigenvalue weighted by Gasteiger charge is 2.00. The van der Waals surface area contributed by atoms with Gasteiger partial charge in [-0.15, -0.1) is 0 Å². The van der Waals surface area contributed by atoms with Crippen molar-refractivity contribution in [3.05, 3.63) is 28.8 Å². The summed E-state index contributed by atoms with van der Waals surface area (Å²) in [6, 6.07) is 5.39. The van der Waals surface area contributed by atoms with Crippen LogP contribution in [0.3, 0.4) is 0 Å². The van der Waals surface area contributed by atoms with Crippen LogP contribution in [0.4, 0.5) is 5.69 Å². The van der Waals surface area contributed by atoms with Gasteiger partial charge in [-0.2, -0.15) is 0 Å². The number of anilines is 1. The summed E-state index contributed by atoms with van der Waals surface area (Å²) in [5.41, 5.74) is 7.43. The van der Waals surface area contributed by atoms with Crippen molar-refractivity contribution < 1.29 is 9.47 Å². The van der Waals surface area contributed by atoms with Crippen LogP contribution < -0.4 is 5.73 Å². The Morgan fingerprint density at radius 1 is 1.18 bits per heavy atom. The molecule has 0 unspecified atom stereocenters. The molecule has 0 radical (unpaired) electrons. The second-order valence-corrected chi connectivity index (χ2v) is 4.30. The molecular weight excluding hydrogens is 238 g/mol. The van der Waals surface area contributed by atoms with Gasteiger partial charge in [0.15, 0.2) is 0 Å². The SMILES string of the molecule is CCCCOCCOCc1cc(Cl)ccc1N. The molecule has 0 aliphatic carbocycles. The molecule has 0 bridgehead atoms. The van der Waals surface area contributed by atoms with E-state index in [1.807, 2.05) is 6.07 Å². The Balaban J connectivity index is 2.15. The fraction of sp³-hybridized carbons (Fsp3) is 0.538. The molecular formula is C13H20ClNO2.